The Kier molecular flexibility index (Phi) is 3.56. The van der Waals surface area contributed by atoms with E-state index in [0.29, 0.717) is 12.2 Å². The third-order valence-electron chi connectivity index (χ3n) is 3.16. The van der Waals surface area contributed by atoms with Gasteiger partial charge in [0.15, 0.2) is 5.82 Å². The van der Waals surface area contributed by atoms with Crippen molar-refractivity contribution < 1.29 is 5.11 Å². The third-order valence-corrected chi connectivity index (χ3v) is 3.16. The molecule has 0 saturated carbocycles. The van der Waals surface area contributed by atoms with Gasteiger partial charge in [-0.3, -0.25) is 4.57 Å². The van der Waals surface area contributed by atoms with Gasteiger partial charge in [-0.15, -0.1) is 10.2 Å². The van der Waals surface area contributed by atoms with Gasteiger partial charge in [0.25, 0.3) is 0 Å². The zero-order chi connectivity index (χ0) is 13.8. The monoisotopic (exact) mass is 265 g/mol. The zero-order valence-corrected chi connectivity index (χ0v) is 11.0. The number of aromatic nitrogens is 3. The summed E-state index contributed by atoms with van der Waals surface area (Å²) in [7, 11) is 0. The zero-order valence-electron chi connectivity index (χ0n) is 11.0. The van der Waals surface area contributed by atoms with E-state index >= 15 is 0 Å². The molecule has 0 atom stereocenters. The van der Waals surface area contributed by atoms with E-state index in [0.717, 1.165) is 11.5 Å². The lowest BCUT2D eigenvalue weighted by Gasteiger charge is -2.09. The predicted octanol–water partition coefficient (Wildman–Crippen LogP) is 2.35. The number of hydrogen-bond donors (Lipinski definition) is 1. The minimum Gasteiger partial charge on any atom is -0.388 e. The number of benzene rings is 2. The average molecular weight is 265 g/mol. The molecular formula is C16H15N3O. The molecule has 20 heavy (non-hydrogen) atoms. The Bertz CT molecular complexity index is 677. The van der Waals surface area contributed by atoms with Crippen molar-refractivity contribution in [3.05, 3.63) is 77.9 Å². The van der Waals surface area contributed by atoms with Crippen LogP contribution in [0.25, 0.3) is 5.69 Å². The summed E-state index contributed by atoms with van der Waals surface area (Å²) < 4.78 is 1.91. The Morgan fingerprint density at radius 1 is 0.800 bits per heavy atom. The predicted molar refractivity (Wildman–Crippen MR) is 76.5 cm³/mol. The van der Waals surface area contributed by atoms with E-state index in [1.165, 1.54) is 5.56 Å². The highest BCUT2D eigenvalue weighted by Gasteiger charge is 2.13. The number of hydrogen-bond acceptors (Lipinski definition) is 3. The van der Waals surface area contributed by atoms with Crippen molar-refractivity contribution in [3.63, 3.8) is 0 Å². The molecule has 0 radical (unpaired) electrons. The van der Waals surface area contributed by atoms with Crippen molar-refractivity contribution in [3.8, 4) is 5.69 Å². The maximum atomic E-state index is 9.44. The van der Waals surface area contributed by atoms with Crippen LogP contribution in [0.1, 0.15) is 17.2 Å². The molecule has 100 valence electrons. The highest BCUT2D eigenvalue weighted by molar-refractivity contribution is 5.35. The Balaban J connectivity index is 2.02. The number of aliphatic hydroxyl groups excluding tert-OH is 1. The van der Waals surface area contributed by atoms with Gasteiger partial charge in [0.2, 0.25) is 0 Å². The number of para-hydroxylation sites is 1. The van der Waals surface area contributed by atoms with Gasteiger partial charge >= 0.3 is 0 Å². The molecule has 4 nitrogen and oxygen atoms in total. The molecule has 0 spiro atoms. The molecule has 0 fully saturated rings. The van der Waals surface area contributed by atoms with E-state index in [4.69, 9.17) is 0 Å². The molecule has 0 unspecified atom stereocenters. The first-order valence-electron chi connectivity index (χ1n) is 6.52. The standard InChI is InChI=1S/C16H15N3O/c20-12-16-18-17-15(11-13-7-3-1-4-8-13)19(16)14-9-5-2-6-10-14/h1-10,20H,11-12H2. The molecule has 1 heterocycles. The van der Waals surface area contributed by atoms with Gasteiger partial charge in [-0.25, -0.2) is 0 Å². The topological polar surface area (TPSA) is 50.9 Å². The van der Waals surface area contributed by atoms with Gasteiger partial charge < -0.3 is 5.11 Å². The largest absolute Gasteiger partial charge is 0.388 e. The summed E-state index contributed by atoms with van der Waals surface area (Å²) >= 11 is 0. The maximum Gasteiger partial charge on any atom is 0.163 e. The fourth-order valence-corrected chi connectivity index (χ4v) is 2.22. The average Bonchev–Trinajstić information content (AvgIpc) is 2.92. The van der Waals surface area contributed by atoms with Crippen LogP contribution in [0.2, 0.25) is 0 Å². The summed E-state index contributed by atoms with van der Waals surface area (Å²) in [5, 5.41) is 17.7. The fourth-order valence-electron chi connectivity index (χ4n) is 2.22. The summed E-state index contributed by atoms with van der Waals surface area (Å²) in [6.07, 6.45) is 0.683. The lowest BCUT2D eigenvalue weighted by Crippen LogP contribution is -2.06. The first-order valence-corrected chi connectivity index (χ1v) is 6.52. The van der Waals surface area contributed by atoms with Crippen LogP contribution >= 0.6 is 0 Å². The van der Waals surface area contributed by atoms with E-state index < -0.39 is 0 Å². The molecule has 1 N–H and O–H groups in total. The molecule has 0 aliphatic rings. The van der Waals surface area contributed by atoms with Crippen molar-refractivity contribution in [2.75, 3.05) is 0 Å². The quantitative estimate of drug-likeness (QED) is 0.787. The number of nitrogens with zero attached hydrogens (tertiary/aromatic N) is 3. The highest BCUT2D eigenvalue weighted by Crippen LogP contribution is 2.16. The number of rotatable bonds is 4. The smallest absolute Gasteiger partial charge is 0.163 e. The minimum absolute atomic E-state index is 0.128. The van der Waals surface area contributed by atoms with Gasteiger partial charge in [0.1, 0.15) is 12.4 Å². The van der Waals surface area contributed by atoms with Crippen molar-refractivity contribution in [1.29, 1.82) is 0 Å². The van der Waals surface area contributed by atoms with Gasteiger partial charge in [-0.2, -0.15) is 0 Å². The second-order valence-electron chi connectivity index (χ2n) is 4.52. The first kappa shape index (κ1) is 12.6. The molecule has 4 heteroatoms. The van der Waals surface area contributed by atoms with Crippen molar-refractivity contribution in [1.82, 2.24) is 14.8 Å². The molecule has 0 bridgehead atoms. The second-order valence-corrected chi connectivity index (χ2v) is 4.52. The van der Waals surface area contributed by atoms with Crippen LogP contribution in [-0.2, 0) is 13.0 Å². The van der Waals surface area contributed by atoms with Crippen molar-refractivity contribution in [2.24, 2.45) is 0 Å². The molecule has 0 amide bonds. The van der Waals surface area contributed by atoms with Crippen LogP contribution in [0, 0.1) is 0 Å². The first-order chi connectivity index (χ1) is 9.88. The van der Waals surface area contributed by atoms with E-state index in [9.17, 15) is 5.11 Å². The number of aliphatic hydroxyl groups is 1. The minimum atomic E-state index is -0.128. The van der Waals surface area contributed by atoms with Gasteiger partial charge in [0, 0.05) is 12.1 Å². The normalized spacial score (nSPS) is 10.7. The molecular weight excluding hydrogens is 250 g/mol. The lowest BCUT2D eigenvalue weighted by atomic mass is 10.1. The molecule has 0 aliphatic heterocycles. The molecule has 3 aromatic rings. The third kappa shape index (κ3) is 2.46. The maximum absolute atomic E-state index is 9.44. The van der Waals surface area contributed by atoms with E-state index in [1.54, 1.807) is 0 Å². The molecule has 3 rings (SSSR count). The van der Waals surface area contributed by atoms with Crippen LogP contribution in [0.4, 0.5) is 0 Å². The van der Waals surface area contributed by atoms with Crippen LogP contribution in [0.15, 0.2) is 60.7 Å². The molecule has 0 saturated heterocycles. The lowest BCUT2D eigenvalue weighted by molar-refractivity contribution is 0.268. The Hall–Kier alpha value is -2.46. The highest BCUT2D eigenvalue weighted by atomic mass is 16.3. The van der Waals surface area contributed by atoms with Crippen LogP contribution in [0.3, 0.4) is 0 Å². The Labute approximate surface area is 117 Å². The Morgan fingerprint density at radius 2 is 1.40 bits per heavy atom. The summed E-state index contributed by atoms with van der Waals surface area (Å²) in [6, 6.07) is 20.0. The van der Waals surface area contributed by atoms with Gasteiger partial charge in [-0.1, -0.05) is 48.5 Å². The van der Waals surface area contributed by atoms with Crippen LogP contribution < -0.4 is 0 Å². The van der Waals surface area contributed by atoms with E-state index in [1.807, 2.05) is 53.1 Å². The van der Waals surface area contributed by atoms with Crippen LogP contribution in [0.5, 0.6) is 0 Å². The van der Waals surface area contributed by atoms with Gasteiger partial charge in [-0.05, 0) is 17.7 Å². The SMILES string of the molecule is OCc1nnc(Cc2ccccc2)n1-c1ccccc1. The van der Waals surface area contributed by atoms with Crippen LogP contribution in [-0.4, -0.2) is 19.9 Å². The van der Waals surface area contributed by atoms with Crippen molar-refractivity contribution in [2.45, 2.75) is 13.0 Å². The van der Waals surface area contributed by atoms with E-state index in [-0.39, 0.29) is 6.61 Å². The summed E-state index contributed by atoms with van der Waals surface area (Å²) in [5.41, 5.74) is 2.13. The second kappa shape index (κ2) is 5.67. The Morgan fingerprint density at radius 3 is 2.05 bits per heavy atom. The molecule has 1 aromatic heterocycles. The van der Waals surface area contributed by atoms with Gasteiger partial charge in [0.05, 0.1) is 0 Å². The van der Waals surface area contributed by atoms with E-state index in [2.05, 4.69) is 22.3 Å². The van der Waals surface area contributed by atoms with Crippen molar-refractivity contribution >= 4 is 0 Å². The fraction of sp³-hybridized carbons (Fsp3) is 0.125. The molecule has 2 aromatic carbocycles. The summed E-state index contributed by atoms with van der Waals surface area (Å²) in [4.78, 5) is 0. The molecule has 0 aliphatic carbocycles. The summed E-state index contributed by atoms with van der Waals surface area (Å²) in [6.45, 7) is -0.128. The summed E-state index contributed by atoms with van der Waals surface area (Å²) in [5.74, 6) is 1.38.